The molecule has 0 saturated heterocycles. The molecule has 2 aromatic heterocycles. The van der Waals surface area contributed by atoms with Gasteiger partial charge in [0.25, 0.3) is 10.0 Å². The number of pyridine rings is 1. The van der Waals surface area contributed by atoms with E-state index in [1.54, 1.807) is 11.4 Å². The van der Waals surface area contributed by atoms with E-state index in [9.17, 15) is 12.8 Å². The van der Waals surface area contributed by atoms with Crippen LogP contribution in [0.15, 0.2) is 34.8 Å². The highest BCUT2D eigenvalue weighted by molar-refractivity contribution is 7.89. The van der Waals surface area contributed by atoms with Gasteiger partial charge in [-0.3, -0.25) is 0 Å². The van der Waals surface area contributed by atoms with Gasteiger partial charge in [-0.1, -0.05) is 11.8 Å². The van der Waals surface area contributed by atoms with E-state index in [-0.39, 0.29) is 13.1 Å². The minimum Gasteiger partial charge on any atom is -0.320 e. The summed E-state index contributed by atoms with van der Waals surface area (Å²) in [7, 11) is -4.01. The van der Waals surface area contributed by atoms with Gasteiger partial charge in [-0.05, 0) is 23.6 Å². The fraction of sp³-hybridized carbons (Fsp3) is 0.154. The van der Waals surface area contributed by atoms with Gasteiger partial charge in [0.15, 0.2) is 5.82 Å². The van der Waals surface area contributed by atoms with Crippen LogP contribution in [0, 0.1) is 17.7 Å². The predicted octanol–water partition coefficient (Wildman–Crippen LogP) is 1.07. The molecular formula is C13H12FN3O2S2. The molecule has 0 aliphatic carbocycles. The van der Waals surface area contributed by atoms with Gasteiger partial charge in [-0.25, -0.2) is 22.5 Å². The van der Waals surface area contributed by atoms with Crippen LogP contribution in [-0.4, -0.2) is 19.9 Å². The Hall–Kier alpha value is -1.79. The van der Waals surface area contributed by atoms with Gasteiger partial charge < -0.3 is 5.73 Å². The Morgan fingerprint density at radius 1 is 1.43 bits per heavy atom. The van der Waals surface area contributed by atoms with Gasteiger partial charge in [-0.2, -0.15) is 0 Å². The van der Waals surface area contributed by atoms with E-state index in [1.807, 2.05) is 0 Å². The number of sulfonamides is 1. The van der Waals surface area contributed by atoms with Crippen LogP contribution in [-0.2, 0) is 16.6 Å². The van der Waals surface area contributed by atoms with E-state index in [0.29, 0.717) is 5.56 Å². The first-order chi connectivity index (χ1) is 10.0. The molecule has 0 radical (unpaired) electrons. The Morgan fingerprint density at radius 2 is 2.24 bits per heavy atom. The molecule has 21 heavy (non-hydrogen) atoms. The van der Waals surface area contributed by atoms with Gasteiger partial charge in [0, 0.05) is 23.2 Å². The van der Waals surface area contributed by atoms with Gasteiger partial charge in [0.1, 0.15) is 0 Å². The first kappa shape index (κ1) is 15.6. The zero-order chi connectivity index (χ0) is 15.3. The average Bonchev–Trinajstić information content (AvgIpc) is 2.91. The van der Waals surface area contributed by atoms with Gasteiger partial charge in [0.2, 0.25) is 5.03 Å². The lowest BCUT2D eigenvalue weighted by molar-refractivity contribution is 0.544. The van der Waals surface area contributed by atoms with Crippen molar-refractivity contribution in [2.24, 2.45) is 5.73 Å². The lowest BCUT2D eigenvalue weighted by atomic mass is 10.2. The maximum atomic E-state index is 13.5. The number of hydrogen-bond acceptors (Lipinski definition) is 5. The fourth-order valence-corrected chi connectivity index (χ4v) is 3.39. The lowest BCUT2D eigenvalue weighted by Crippen LogP contribution is -2.25. The van der Waals surface area contributed by atoms with Crippen LogP contribution >= 0.6 is 11.3 Å². The molecule has 0 unspecified atom stereocenters. The topological polar surface area (TPSA) is 85.1 Å². The molecule has 2 heterocycles. The molecule has 0 saturated carbocycles. The van der Waals surface area contributed by atoms with Gasteiger partial charge in [-0.15, -0.1) is 11.3 Å². The molecule has 0 aliphatic rings. The van der Waals surface area contributed by atoms with Crippen molar-refractivity contribution in [3.8, 4) is 11.8 Å². The molecule has 2 rings (SSSR count). The monoisotopic (exact) mass is 325 g/mol. The Morgan fingerprint density at radius 3 is 2.95 bits per heavy atom. The van der Waals surface area contributed by atoms with Gasteiger partial charge in [0.05, 0.1) is 6.54 Å². The number of nitrogens with zero attached hydrogens (tertiary/aromatic N) is 1. The Balaban J connectivity index is 2.17. The maximum Gasteiger partial charge on any atom is 0.261 e. The van der Waals surface area contributed by atoms with Crippen molar-refractivity contribution in [3.05, 3.63) is 46.0 Å². The molecule has 0 spiro atoms. The molecule has 3 N–H and O–H groups in total. The van der Waals surface area contributed by atoms with E-state index in [0.717, 1.165) is 10.9 Å². The lowest BCUT2D eigenvalue weighted by Gasteiger charge is -2.06. The van der Waals surface area contributed by atoms with Crippen molar-refractivity contribution < 1.29 is 12.8 Å². The van der Waals surface area contributed by atoms with Crippen molar-refractivity contribution in [2.75, 3.05) is 6.54 Å². The zero-order valence-electron chi connectivity index (χ0n) is 10.8. The van der Waals surface area contributed by atoms with E-state index in [1.165, 1.54) is 23.6 Å². The summed E-state index contributed by atoms with van der Waals surface area (Å²) in [6, 6.07) is 4.15. The van der Waals surface area contributed by atoms with Crippen molar-refractivity contribution in [2.45, 2.75) is 11.6 Å². The maximum absolute atomic E-state index is 13.5. The first-order valence-corrected chi connectivity index (χ1v) is 8.26. The van der Waals surface area contributed by atoms with Crippen LogP contribution in [0.3, 0.4) is 0 Å². The highest BCUT2D eigenvalue weighted by Crippen LogP contribution is 2.17. The van der Waals surface area contributed by atoms with Crippen LogP contribution in [0.4, 0.5) is 4.39 Å². The van der Waals surface area contributed by atoms with E-state index >= 15 is 0 Å². The van der Waals surface area contributed by atoms with Crippen LogP contribution in [0.5, 0.6) is 0 Å². The fourth-order valence-electron chi connectivity index (χ4n) is 1.53. The van der Waals surface area contributed by atoms with E-state index < -0.39 is 20.9 Å². The number of hydrogen-bond donors (Lipinski definition) is 2. The zero-order valence-corrected chi connectivity index (χ0v) is 12.5. The van der Waals surface area contributed by atoms with Crippen LogP contribution in [0.1, 0.15) is 10.4 Å². The molecule has 0 bridgehead atoms. The molecule has 110 valence electrons. The second-order valence-corrected chi connectivity index (χ2v) is 6.56. The molecule has 0 aromatic carbocycles. The highest BCUT2D eigenvalue weighted by Gasteiger charge is 2.20. The first-order valence-electron chi connectivity index (χ1n) is 5.90. The second-order valence-electron chi connectivity index (χ2n) is 3.88. The summed E-state index contributed by atoms with van der Waals surface area (Å²) in [5.74, 6) is 4.67. The summed E-state index contributed by atoms with van der Waals surface area (Å²) < 4.78 is 39.8. The summed E-state index contributed by atoms with van der Waals surface area (Å²) in [6.45, 7) is 0.241. The van der Waals surface area contributed by atoms with Crippen molar-refractivity contribution >= 4 is 21.4 Å². The normalized spacial score (nSPS) is 11.0. The predicted molar refractivity (Wildman–Crippen MR) is 78.5 cm³/mol. The number of nitrogens with one attached hydrogen (secondary N) is 1. The Bertz CT molecular complexity index is 791. The molecular weight excluding hydrogens is 313 g/mol. The number of aromatic nitrogens is 1. The summed E-state index contributed by atoms with van der Waals surface area (Å²) >= 11 is 1.36. The SMILES string of the molecule is NCC#Cc1ccsc1CNS(=O)(=O)c1ncccc1F. The summed E-state index contributed by atoms with van der Waals surface area (Å²) in [5, 5.41) is 1.18. The van der Waals surface area contributed by atoms with Gasteiger partial charge >= 0.3 is 0 Å². The molecule has 2 aromatic rings. The number of halogens is 1. The van der Waals surface area contributed by atoms with Crippen LogP contribution < -0.4 is 10.5 Å². The Kier molecular flexibility index (Phi) is 5.03. The van der Waals surface area contributed by atoms with Crippen LogP contribution in [0.2, 0.25) is 0 Å². The quantitative estimate of drug-likeness (QED) is 0.824. The highest BCUT2D eigenvalue weighted by atomic mass is 32.2. The van der Waals surface area contributed by atoms with Crippen molar-refractivity contribution in [1.29, 1.82) is 0 Å². The minimum absolute atomic E-state index is 0.0185. The number of thiophene rings is 1. The average molecular weight is 325 g/mol. The van der Waals surface area contributed by atoms with Crippen LogP contribution in [0.25, 0.3) is 0 Å². The molecule has 5 nitrogen and oxygen atoms in total. The second kappa shape index (κ2) is 6.78. The van der Waals surface area contributed by atoms with E-state index in [2.05, 4.69) is 21.5 Å². The molecule has 8 heteroatoms. The third kappa shape index (κ3) is 3.86. The molecule has 0 atom stereocenters. The smallest absolute Gasteiger partial charge is 0.261 e. The Labute approximate surface area is 126 Å². The summed E-state index contributed by atoms with van der Waals surface area (Å²) in [5.41, 5.74) is 6.00. The third-order valence-electron chi connectivity index (χ3n) is 2.47. The van der Waals surface area contributed by atoms with Crippen molar-refractivity contribution in [1.82, 2.24) is 9.71 Å². The minimum atomic E-state index is -4.01. The number of rotatable bonds is 4. The number of nitrogens with two attached hydrogens (primary N) is 1. The third-order valence-corrected chi connectivity index (χ3v) is 4.73. The standard InChI is InChI=1S/C13H12FN3O2S2/c14-11-4-2-7-16-13(11)21(18,19)17-9-12-10(3-1-6-15)5-8-20-12/h2,4-5,7-8,17H,6,9,15H2. The molecule has 0 fully saturated rings. The van der Waals surface area contributed by atoms with Crippen molar-refractivity contribution in [3.63, 3.8) is 0 Å². The molecule has 0 aliphatic heterocycles. The largest absolute Gasteiger partial charge is 0.320 e. The summed E-state index contributed by atoms with van der Waals surface area (Å²) in [6.07, 6.45) is 1.22. The molecule has 0 amide bonds. The van der Waals surface area contributed by atoms with E-state index in [4.69, 9.17) is 5.73 Å². The summed E-state index contributed by atoms with van der Waals surface area (Å²) in [4.78, 5) is 4.29.